The third kappa shape index (κ3) is 3.22. The lowest BCUT2D eigenvalue weighted by Gasteiger charge is -2.07. The third-order valence-corrected chi connectivity index (χ3v) is 4.46. The average molecular weight is 363 g/mol. The average Bonchev–Trinajstić information content (AvgIpc) is 2.92. The molecule has 0 atom stereocenters. The molecule has 1 N–H and O–H groups in total. The maximum absolute atomic E-state index is 10.9. The molecule has 3 aromatic rings. The maximum atomic E-state index is 10.9. The van der Waals surface area contributed by atoms with Crippen molar-refractivity contribution in [3.8, 4) is 0 Å². The fourth-order valence-electron chi connectivity index (χ4n) is 2.12. The third-order valence-electron chi connectivity index (χ3n) is 3.10. The summed E-state index contributed by atoms with van der Waals surface area (Å²) in [6.07, 6.45) is 0. The van der Waals surface area contributed by atoms with Crippen LogP contribution in [0.25, 0.3) is 10.1 Å². The number of nitrogens with one attached hydrogen (secondary N) is 1. The molecule has 0 fully saturated rings. The van der Waals surface area contributed by atoms with Gasteiger partial charge in [0.25, 0.3) is 5.69 Å². The van der Waals surface area contributed by atoms with Crippen molar-refractivity contribution in [3.05, 3.63) is 68.0 Å². The van der Waals surface area contributed by atoms with E-state index in [4.69, 9.17) is 0 Å². The van der Waals surface area contributed by atoms with E-state index in [1.54, 1.807) is 17.4 Å². The summed E-state index contributed by atoms with van der Waals surface area (Å²) in [7, 11) is 0. The van der Waals surface area contributed by atoms with Crippen LogP contribution in [-0.4, -0.2) is 4.92 Å². The molecule has 0 radical (unpaired) electrons. The van der Waals surface area contributed by atoms with Crippen molar-refractivity contribution >= 4 is 48.7 Å². The Labute approximate surface area is 133 Å². The molecule has 0 aliphatic rings. The normalized spacial score (nSPS) is 10.7. The van der Waals surface area contributed by atoms with Gasteiger partial charge in [-0.3, -0.25) is 10.1 Å². The van der Waals surface area contributed by atoms with Crippen LogP contribution >= 0.6 is 27.3 Å². The molecular formula is C15H11BrN2O2S. The number of nitrogens with zero attached hydrogens (tertiary/aromatic N) is 1. The van der Waals surface area contributed by atoms with Crippen LogP contribution in [0, 0.1) is 10.1 Å². The van der Waals surface area contributed by atoms with Crippen LogP contribution in [0.1, 0.15) is 5.56 Å². The Morgan fingerprint density at radius 2 is 2.05 bits per heavy atom. The molecule has 0 aliphatic heterocycles. The number of halogens is 1. The first-order valence-electron chi connectivity index (χ1n) is 6.27. The number of fused-ring (bicyclic) bond motifs is 1. The van der Waals surface area contributed by atoms with Crippen molar-refractivity contribution in [3.63, 3.8) is 0 Å². The standard InChI is InChI=1S/C15H11BrN2O2S/c16-12-5-10(6-14(8-12)18(19)20)9-17-13-1-2-15-11(7-13)3-4-21-15/h1-8,17H,9H2. The van der Waals surface area contributed by atoms with Gasteiger partial charge in [0.1, 0.15) is 0 Å². The minimum absolute atomic E-state index is 0.0921. The van der Waals surface area contributed by atoms with Crippen LogP contribution in [0.5, 0.6) is 0 Å². The molecular weight excluding hydrogens is 352 g/mol. The van der Waals surface area contributed by atoms with Gasteiger partial charge in [-0.05, 0) is 46.7 Å². The van der Waals surface area contributed by atoms with E-state index in [9.17, 15) is 10.1 Å². The monoisotopic (exact) mass is 362 g/mol. The molecule has 1 heterocycles. The minimum Gasteiger partial charge on any atom is -0.381 e. The van der Waals surface area contributed by atoms with Crippen molar-refractivity contribution in [2.45, 2.75) is 6.54 Å². The fourth-order valence-corrected chi connectivity index (χ4v) is 3.42. The molecule has 0 saturated carbocycles. The van der Waals surface area contributed by atoms with Gasteiger partial charge < -0.3 is 5.32 Å². The second-order valence-electron chi connectivity index (χ2n) is 4.60. The van der Waals surface area contributed by atoms with Crippen molar-refractivity contribution < 1.29 is 4.92 Å². The highest BCUT2D eigenvalue weighted by atomic mass is 79.9. The van der Waals surface area contributed by atoms with Crippen molar-refractivity contribution in [1.82, 2.24) is 0 Å². The van der Waals surface area contributed by atoms with E-state index < -0.39 is 0 Å². The SMILES string of the molecule is O=[N+]([O-])c1cc(Br)cc(CNc2ccc3sccc3c2)c1. The fraction of sp³-hybridized carbons (Fsp3) is 0.0667. The summed E-state index contributed by atoms with van der Waals surface area (Å²) >= 11 is 5.01. The Kier molecular flexibility index (Phi) is 3.90. The summed E-state index contributed by atoms with van der Waals surface area (Å²) in [5.74, 6) is 0. The molecule has 0 saturated heterocycles. The number of nitro groups is 1. The first-order valence-corrected chi connectivity index (χ1v) is 7.94. The van der Waals surface area contributed by atoms with E-state index in [1.165, 1.54) is 16.2 Å². The van der Waals surface area contributed by atoms with E-state index in [2.05, 4.69) is 44.8 Å². The molecule has 0 amide bonds. The number of benzene rings is 2. The van der Waals surface area contributed by atoms with Crippen LogP contribution < -0.4 is 5.32 Å². The van der Waals surface area contributed by atoms with Crippen molar-refractivity contribution in [2.24, 2.45) is 0 Å². The highest BCUT2D eigenvalue weighted by Gasteiger charge is 2.08. The zero-order chi connectivity index (χ0) is 14.8. The van der Waals surface area contributed by atoms with Gasteiger partial charge in [-0.25, -0.2) is 0 Å². The van der Waals surface area contributed by atoms with Gasteiger partial charge in [0.05, 0.1) is 4.92 Å². The van der Waals surface area contributed by atoms with Crippen LogP contribution in [0.15, 0.2) is 52.3 Å². The zero-order valence-corrected chi connectivity index (χ0v) is 13.3. The highest BCUT2D eigenvalue weighted by molar-refractivity contribution is 9.10. The lowest BCUT2D eigenvalue weighted by molar-refractivity contribution is -0.385. The number of rotatable bonds is 4. The smallest absolute Gasteiger partial charge is 0.270 e. The van der Waals surface area contributed by atoms with E-state index in [1.807, 2.05) is 12.1 Å². The first kappa shape index (κ1) is 14.0. The van der Waals surface area contributed by atoms with Gasteiger partial charge in [0.15, 0.2) is 0 Å². The number of non-ortho nitro benzene ring substituents is 1. The number of hydrogen-bond donors (Lipinski definition) is 1. The van der Waals surface area contributed by atoms with E-state index in [0.29, 0.717) is 11.0 Å². The van der Waals surface area contributed by atoms with Crippen LogP contribution in [0.3, 0.4) is 0 Å². The lowest BCUT2D eigenvalue weighted by Crippen LogP contribution is -2.00. The van der Waals surface area contributed by atoms with Gasteiger partial charge in [0, 0.05) is 33.5 Å². The number of anilines is 1. The lowest BCUT2D eigenvalue weighted by atomic mass is 10.2. The Morgan fingerprint density at radius 3 is 2.86 bits per heavy atom. The van der Waals surface area contributed by atoms with Crippen molar-refractivity contribution in [1.29, 1.82) is 0 Å². The van der Waals surface area contributed by atoms with E-state index in [0.717, 1.165) is 11.3 Å². The molecule has 106 valence electrons. The Hall–Kier alpha value is -1.92. The predicted molar refractivity (Wildman–Crippen MR) is 89.9 cm³/mol. The van der Waals surface area contributed by atoms with Crippen LogP contribution in [0.2, 0.25) is 0 Å². The quantitative estimate of drug-likeness (QED) is 0.513. The second-order valence-corrected chi connectivity index (χ2v) is 6.46. The highest BCUT2D eigenvalue weighted by Crippen LogP contribution is 2.25. The summed E-state index contributed by atoms with van der Waals surface area (Å²) in [5, 5.41) is 17.4. The second kappa shape index (κ2) is 5.83. The van der Waals surface area contributed by atoms with Crippen LogP contribution in [-0.2, 0) is 6.54 Å². The molecule has 21 heavy (non-hydrogen) atoms. The summed E-state index contributed by atoms with van der Waals surface area (Å²) in [6, 6.07) is 13.2. The van der Waals surface area contributed by atoms with E-state index in [-0.39, 0.29) is 10.6 Å². The molecule has 3 rings (SSSR count). The summed E-state index contributed by atoms with van der Waals surface area (Å²) < 4.78 is 1.96. The molecule has 0 unspecified atom stereocenters. The molecule has 6 heteroatoms. The van der Waals surface area contributed by atoms with Crippen molar-refractivity contribution in [2.75, 3.05) is 5.32 Å². The Morgan fingerprint density at radius 1 is 1.19 bits per heavy atom. The van der Waals surface area contributed by atoms with Gasteiger partial charge in [-0.1, -0.05) is 15.9 Å². The molecule has 4 nitrogen and oxygen atoms in total. The topological polar surface area (TPSA) is 55.2 Å². The van der Waals surface area contributed by atoms with Gasteiger partial charge in [-0.15, -0.1) is 11.3 Å². The molecule has 2 aromatic carbocycles. The number of nitro benzene ring substituents is 1. The largest absolute Gasteiger partial charge is 0.381 e. The predicted octanol–water partition coefficient (Wildman–Crippen LogP) is 5.18. The van der Waals surface area contributed by atoms with Gasteiger partial charge in [-0.2, -0.15) is 0 Å². The van der Waals surface area contributed by atoms with E-state index >= 15 is 0 Å². The summed E-state index contributed by atoms with van der Waals surface area (Å²) in [6.45, 7) is 0.538. The summed E-state index contributed by atoms with van der Waals surface area (Å²) in [4.78, 5) is 10.5. The first-order chi connectivity index (χ1) is 10.1. The molecule has 1 aromatic heterocycles. The van der Waals surface area contributed by atoms with Gasteiger partial charge in [0.2, 0.25) is 0 Å². The van der Waals surface area contributed by atoms with Gasteiger partial charge >= 0.3 is 0 Å². The molecule has 0 aliphatic carbocycles. The zero-order valence-electron chi connectivity index (χ0n) is 10.9. The van der Waals surface area contributed by atoms with Crippen LogP contribution in [0.4, 0.5) is 11.4 Å². The number of thiophene rings is 1. The Bertz CT molecular complexity index is 816. The minimum atomic E-state index is -0.383. The molecule has 0 bridgehead atoms. The number of hydrogen-bond acceptors (Lipinski definition) is 4. The summed E-state index contributed by atoms with van der Waals surface area (Å²) in [5.41, 5.74) is 1.96. The molecule has 0 spiro atoms. The Balaban J connectivity index is 1.79. The maximum Gasteiger partial charge on any atom is 0.270 e.